The molecule has 0 spiro atoms. The van der Waals surface area contributed by atoms with E-state index in [1.165, 1.54) is 44.9 Å². The third kappa shape index (κ3) is 11.5. The highest BCUT2D eigenvalue weighted by atomic mass is 13.9. The van der Waals surface area contributed by atoms with E-state index in [1.807, 2.05) is 0 Å². The standard InChI is InChI=1S/C14H25/c1-3-5-7-9-11-13-14-12-10-8-6-4-2/h5,7-8,10H,1,3-4,6,9,11-14H2,2H3. The van der Waals surface area contributed by atoms with Gasteiger partial charge in [0.05, 0.1) is 0 Å². The molecule has 0 saturated heterocycles. The van der Waals surface area contributed by atoms with Gasteiger partial charge in [0.2, 0.25) is 0 Å². The predicted molar refractivity (Wildman–Crippen MR) is 66.2 cm³/mol. The van der Waals surface area contributed by atoms with E-state index in [2.05, 4.69) is 38.2 Å². The van der Waals surface area contributed by atoms with Crippen LogP contribution in [-0.4, -0.2) is 0 Å². The molecule has 0 aliphatic rings. The Bertz CT molecular complexity index is 142. The van der Waals surface area contributed by atoms with E-state index >= 15 is 0 Å². The lowest BCUT2D eigenvalue weighted by Crippen LogP contribution is -1.75. The van der Waals surface area contributed by atoms with Crippen molar-refractivity contribution in [2.24, 2.45) is 0 Å². The molecule has 1 radical (unpaired) electrons. The topological polar surface area (TPSA) is 0 Å². The number of unbranched alkanes of at least 4 members (excludes halogenated alkanes) is 5. The van der Waals surface area contributed by atoms with Gasteiger partial charge in [-0.3, -0.25) is 0 Å². The first-order valence-electron chi connectivity index (χ1n) is 6.01. The molecule has 0 atom stereocenters. The highest BCUT2D eigenvalue weighted by Crippen LogP contribution is 2.05. The predicted octanol–water partition coefficient (Wildman–Crippen LogP) is 5.07. The fourth-order valence-corrected chi connectivity index (χ4v) is 1.34. The Balaban J connectivity index is 3.02. The first-order chi connectivity index (χ1) is 6.91. The Hall–Kier alpha value is -0.520. The molecule has 0 amide bonds. The van der Waals surface area contributed by atoms with Gasteiger partial charge in [-0.05, 0) is 45.4 Å². The Morgan fingerprint density at radius 2 is 1.36 bits per heavy atom. The van der Waals surface area contributed by atoms with Gasteiger partial charge in [-0.2, -0.15) is 0 Å². The summed E-state index contributed by atoms with van der Waals surface area (Å²) in [6.45, 7) is 5.99. The summed E-state index contributed by atoms with van der Waals surface area (Å²) in [5.41, 5.74) is 0. The lowest BCUT2D eigenvalue weighted by molar-refractivity contribution is 0.694. The molecule has 0 unspecified atom stereocenters. The minimum absolute atomic E-state index is 0.930. The van der Waals surface area contributed by atoms with Gasteiger partial charge in [0.15, 0.2) is 0 Å². The summed E-state index contributed by atoms with van der Waals surface area (Å²) in [4.78, 5) is 0. The molecule has 14 heavy (non-hydrogen) atoms. The summed E-state index contributed by atoms with van der Waals surface area (Å²) < 4.78 is 0. The smallest absolute Gasteiger partial charge is 0.0351 e. The first-order valence-corrected chi connectivity index (χ1v) is 6.01. The van der Waals surface area contributed by atoms with Gasteiger partial charge in [-0.25, -0.2) is 0 Å². The molecule has 0 nitrogen and oxygen atoms in total. The van der Waals surface area contributed by atoms with Crippen molar-refractivity contribution in [3.8, 4) is 0 Å². The minimum atomic E-state index is 0.930. The van der Waals surface area contributed by atoms with Crippen molar-refractivity contribution in [2.45, 2.75) is 58.3 Å². The maximum absolute atomic E-state index is 3.77. The third-order valence-corrected chi connectivity index (χ3v) is 2.20. The van der Waals surface area contributed by atoms with Crippen LogP contribution in [0.15, 0.2) is 24.3 Å². The van der Waals surface area contributed by atoms with Crippen LogP contribution in [0.25, 0.3) is 0 Å². The molecular weight excluding hydrogens is 168 g/mol. The van der Waals surface area contributed by atoms with Crippen LogP contribution in [0.4, 0.5) is 0 Å². The Labute approximate surface area is 90.1 Å². The van der Waals surface area contributed by atoms with Crippen molar-refractivity contribution in [3.05, 3.63) is 31.2 Å². The molecule has 0 heteroatoms. The van der Waals surface area contributed by atoms with E-state index in [1.54, 1.807) is 0 Å². The van der Waals surface area contributed by atoms with Gasteiger partial charge < -0.3 is 0 Å². The molecule has 0 saturated carbocycles. The van der Waals surface area contributed by atoms with Crippen LogP contribution in [0.2, 0.25) is 0 Å². The molecule has 81 valence electrons. The van der Waals surface area contributed by atoms with E-state index in [9.17, 15) is 0 Å². The third-order valence-electron chi connectivity index (χ3n) is 2.20. The van der Waals surface area contributed by atoms with Crippen LogP contribution in [0.3, 0.4) is 0 Å². The van der Waals surface area contributed by atoms with Gasteiger partial charge >= 0.3 is 0 Å². The normalized spacial score (nSPS) is 11.9. The van der Waals surface area contributed by atoms with E-state index < -0.39 is 0 Å². The molecule has 0 aromatic carbocycles. The van der Waals surface area contributed by atoms with Crippen LogP contribution in [0, 0.1) is 6.92 Å². The zero-order chi connectivity index (χ0) is 10.5. The quantitative estimate of drug-likeness (QED) is 0.354. The Morgan fingerprint density at radius 3 is 1.93 bits per heavy atom. The number of hydrogen-bond donors (Lipinski definition) is 0. The van der Waals surface area contributed by atoms with Gasteiger partial charge in [0, 0.05) is 0 Å². The largest absolute Gasteiger partial charge is 0.0885 e. The Morgan fingerprint density at radius 1 is 0.786 bits per heavy atom. The fourth-order valence-electron chi connectivity index (χ4n) is 1.34. The lowest BCUT2D eigenvalue weighted by atomic mass is 10.1. The average molecular weight is 193 g/mol. The molecule has 0 heterocycles. The first kappa shape index (κ1) is 13.5. The van der Waals surface area contributed by atoms with E-state index in [4.69, 9.17) is 0 Å². The second-order valence-corrected chi connectivity index (χ2v) is 3.66. The van der Waals surface area contributed by atoms with Gasteiger partial charge in [-0.15, -0.1) is 0 Å². The highest BCUT2D eigenvalue weighted by Gasteiger charge is 1.85. The van der Waals surface area contributed by atoms with E-state index in [-0.39, 0.29) is 0 Å². The summed E-state index contributed by atoms with van der Waals surface area (Å²) in [6.07, 6.45) is 19.0. The fraction of sp³-hybridized carbons (Fsp3) is 0.643. The minimum Gasteiger partial charge on any atom is -0.0885 e. The van der Waals surface area contributed by atoms with Gasteiger partial charge in [-0.1, -0.05) is 44.1 Å². The maximum Gasteiger partial charge on any atom is -0.0351 e. The lowest BCUT2D eigenvalue weighted by Gasteiger charge is -1.95. The van der Waals surface area contributed by atoms with Crippen LogP contribution in [-0.2, 0) is 0 Å². The molecule has 0 rings (SSSR count). The SMILES string of the molecule is [CH2]CC=CCCCCCC=CCCC. The summed E-state index contributed by atoms with van der Waals surface area (Å²) in [7, 11) is 0. The van der Waals surface area contributed by atoms with Crippen LogP contribution in [0.5, 0.6) is 0 Å². The monoisotopic (exact) mass is 193 g/mol. The summed E-state index contributed by atoms with van der Waals surface area (Å²) in [6, 6.07) is 0. The zero-order valence-corrected chi connectivity index (χ0v) is 9.67. The molecule has 0 fully saturated rings. The highest BCUT2D eigenvalue weighted by molar-refractivity contribution is 4.83. The number of rotatable bonds is 9. The second-order valence-electron chi connectivity index (χ2n) is 3.66. The molecule has 0 N–H and O–H groups in total. The number of hydrogen-bond acceptors (Lipinski definition) is 0. The van der Waals surface area contributed by atoms with Crippen molar-refractivity contribution in [2.75, 3.05) is 0 Å². The van der Waals surface area contributed by atoms with Crippen molar-refractivity contribution in [3.63, 3.8) is 0 Å². The van der Waals surface area contributed by atoms with Crippen molar-refractivity contribution in [1.29, 1.82) is 0 Å². The summed E-state index contributed by atoms with van der Waals surface area (Å²) >= 11 is 0. The molecule has 0 bridgehead atoms. The Kier molecular flexibility index (Phi) is 12.0. The maximum atomic E-state index is 3.77. The molecular formula is C14H25. The zero-order valence-electron chi connectivity index (χ0n) is 9.67. The van der Waals surface area contributed by atoms with Crippen LogP contribution in [0.1, 0.15) is 58.3 Å². The van der Waals surface area contributed by atoms with Gasteiger partial charge in [0.25, 0.3) is 0 Å². The molecule has 0 aliphatic carbocycles. The van der Waals surface area contributed by atoms with Crippen LogP contribution < -0.4 is 0 Å². The van der Waals surface area contributed by atoms with Gasteiger partial charge in [0.1, 0.15) is 0 Å². The van der Waals surface area contributed by atoms with E-state index in [0.717, 1.165) is 6.42 Å². The number of allylic oxidation sites excluding steroid dienone is 4. The molecule has 0 aromatic rings. The average Bonchev–Trinajstić information content (AvgIpc) is 2.21. The van der Waals surface area contributed by atoms with E-state index in [0.29, 0.717) is 0 Å². The van der Waals surface area contributed by atoms with Crippen LogP contribution >= 0.6 is 0 Å². The molecule has 0 aromatic heterocycles. The van der Waals surface area contributed by atoms with Crippen molar-refractivity contribution < 1.29 is 0 Å². The summed E-state index contributed by atoms with van der Waals surface area (Å²) in [5, 5.41) is 0. The second kappa shape index (κ2) is 12.5. The summed E-state index contributed by atoms with van der Waals surface area (Å²) in [5.74, 6) is 0. The van der Waals surface area contributed by atoms with Crippen molar-refractivity contribution >= 4 is 0 Å². The molecule has 0 aliphatic heterocycles. The van der Waals surface area contributed by atoms with Crippen molar-refractivity contribution in [1.82, 2.24) is 0 Å².